The molecule has 2 N–H and O–H groups in total. The first kappa shape index (κ1) is 133. The van der Waals surface area contributed by atoms with Gasteiger partial charge in [0.2, 0.25) is 11.5 Å². The Morgan fingerprint density at radius 1 is 0.278 bits per heavy atom. The molecule has 0 aromatic carbocycles. The van der Waals surface area contributed by atoms with Crippen molar-refractivity contribution in [1.29, 1.82) is 0 Å². The van der Waals surface area contributed by atoms with Crippen molar-refractivity contribution in [2.24, 2.45) is 29.6 Å². The summed E-state index contributed by atoms with van der Waals surface area (Å²) in [6, 6.07) is 0. The van der Waals surface area contributed by atoms with Crippen LogP contribution in [0, 0.1) is 29.6 Å². The van der Waals surface area contributed by atoms with E-state index in [1.807, 2.05) is 34.6 Å². The van der Waals surface area contributed by atoms with E-state index in [2.05, 4.69) is 304 Å². The number of hydrogen-bond donors (Lipinski definition) is 2. The van der Waals surface area contributed by atoms with Crippen molar-refractivity contribution >= 4 is 104 Å². The minimum atomic E-state index is -0.829. The molecule has 0 saturated heterocycles. The van der Waals surface area contributed by atoms with E-state index >= 15 is 0 Å². The minimum absolute atomic E-state index is 0.0127. The van der Waals surface area contributed by atoms with Gasteiger partial charge in [-0.3, -0.25) is 38.4 Å². The first-order chi connectivity index (χ1) is 60.8. The molecule has 0 fully saturated rings. The van der Waals surface area contributed by atoms with Gasteiger partial charge in [0.15, 0.2) is 0 Å². The lowest BCUT2D eigenvalue weighted by atomic mass is 9.99. The molecule has 0 aromatic heterocycles. The zero-order valence-electron chi connectivity index (χ0n) is 82.1. The lowest BCUT2D eigenvalue weighted by Gasteiger charge is -2.18. The number of aliphatic carboxylic acids is 2. The molecule has 0 aliphatic rings. The van der Waals surface area contributed by atoms with Gasteiger partial charge in [0.25, 0.3) is 0 Å². The van der Waals surface area contributed by atoms with E-state index in [0.29, 0.717) is 19.4 Å². The van der Waals surface area contributed by atoms with E-state index < -0.39 is 18.2 Å². The van der Waals surface area contributed by atoms with Crippen LogP contribution >= 0.6 is 56.8 Å². The van der Waals surface area contributed by atoms with Gasteiger partial charge in [-0.1, -0.05) is 336 Å². The topological polar surface area (TPSA) is 223 Å². The van der Waals surface area contributed by atoms with Gasteiger partial charge in [-0.15, -0.1) is 0 Å². The molecule has 724 valence electrons. The molecule has 0 aliphatic carbocycles. The maximum atomic E-state index is 12.2. The summed E-state index contributed by atoms with van der Waals surface area (Å²) in [6.45, 7) is 34.8. The summed E-state index contributed by atoms with van der Waals surface area (Å²) in [6.07, 6.45) is 104. The molecule has 0 saturated carbocycles. The number of ether oxygens (including phenoxy) is 5. The van der Waals surface area contributed by atoms with Gasteiger partial charge < -0.3 is 33.9 Å². The Hall–Kier alpha value is -6.19. The number of carboxylic acids is 2. The fourth-order valence-electron chi connectivity index (χ4n) is 11.9. The third-order valence-electron chi connectivity index (χ3n) is 18.2. The molecule has 126 heavy (non-hydrogen) atoms. The minimum Gasteiger partial charge on any atom is -0.481 e. The number of hydrogen-bond acceptors (Lipinski definition) is 13. The Bertz CT molecular complexity index is 2910. The maximum absolute atomic E-state index is 12.2. The van der Waals surface area contributed by atoms with Gasteiger partial charge in [0.05, 0.1) is 30.3 Å². The summed E-state index contributed by atoms with van der Waals surface area (Å²) >= 11 is 9.57. The first-order valence-electron chi connectivity index (χ1n) is 48.4. The molecule has 0 aliphatic heterocycles. The van der Waals surface area contributed by atoms with Crippen molar-refractivity contribution in [1.82, 2.24) is 0 Å². The second kappa shape index (κ2) is 111. The van der Waals surface area contributed by atoms with Crippen LogP contribution in [0.2, 0.25) is 0 Å². The highest BCUT2D eigenvalue weighted by Gasteiger charge is 2.23. The maximum Gasteiger partial charge on any atom is 0.311 e. The Labute approximate surface area is 803 Å². The van der Waals surface area contributed by atoms with Gasteiger partial charge in [-0.05, 0) is 277 Å². The molecule has 18 heteroatoms. The second-order valence-corrected chi connectivity index (χ2v) is 34.3. The smallest absolute Gasteiger partial charge is 0.311 e. The average Bonchev–Trinajstić information content (AvgIpc) is 0.918. The molecule has 0 amide bonds. The number of carbonyl (C=O) groups is 8. The van der Waals surface area contributed by atoms with Crippen LogP contribution in [-0.4, -0.2) is 78.4 Å². The van der Waals surface area contributed by atoms with Gasteiger partial charge in [-0.2, -0.15) is 0 Å². The molecule has 0 aromatic rings. The third kappa shape index (κ3) is 112. The van der Waals surface area contributed by atoms with Crippen LogP contribution in [0.15, 0.2) is 182 Å². The van der Waals surface area contributed by atoms with Crippen molar-refractivity contribution in [3.05, 3.63) is 182 Å². The lowest BCUT2D eigenvalue weighted by Crippen LogP contribution is -2.26. The van der Waals surface area contributed by atoms with E-state index in [4.69, 9.17) is 45.5 Å². The number of carboxylic acid groups (broad SMARTS) is 2. The molecule has 0 radical (unpaired) electrons. The fraction of sp³-hybridized carbons (Fsp3) is 0.648. The summed E-state index contributed by atoms with van der Waals surface area (Å²) in [4.78, 5) is 89.8. The molecular formula is C108H181ClI2O15. The van der Waals surface area contributed by atoms with Crippen LogP contribution in [0.4, 0.5) is 0 Å². The predicted octanol–water partition coefficient (Wildman–Crippen LogP) is 33.3. The van der Waals surface area contributed by atoms with Crippen LogP contribution in [0.1, 0.15) is 400 Å². The summed E-state index contributed by atoms with van der Waals surface area (Å²) < 4.78 is 25.7. The van der Waals surface area contributed by atoms with Gasteiger partial charge in [0, 0.05) is 32.1 Å². The molecule has 3 atom stereocenters. The monoisotopic (exact) mass is 2010 g/mol. The Morgan fingerprint density at radius 2 is 0.492 bits per heavy atom. The largest absolute Gasteiger partial charge is 0.481 e. The van der Waals surface area contributed by atoms with Crippen molar-refractivity contribution in [2.45, 2.75) is 415 Å². The van der Waals surface area contributed by atoms with Crippen molar-refractivity contribution in [3.63, 3.8) is 0 Å². The van der Waals surface area contributed by atoms with Crippen molar-refractivity contribution in [2.75, 3.05) is 6.61 Å². The van der Waals surface area contributed by atoms with E-state index in [1.54, 1.807) is 6.92 Å². The van der Waals surface area contributed by atoms with Gasteiger partial charge in [-0.25, -0.2) is 0 Å². The van der Waals surface area contributed by atoms with Gasteiger partial charge in [0.1, 0.15) is 8.22 Å². The molecule has 3 unspecified atom stereocenters. The van der Waals surface area contributed by atoms with E-state index in [0.717, 1.165) is 263 Å². The number of carbonyl (C=O) groups excluding carboxylic acids is 6. The summed E-state index contributed by atoms with van der Waals surface area (Å²) in [7, 11) is 0. The normalized spacial score (nSPS) is 12.5. The molecular weight excluding hydrogens is 1830 g/mol. The lowest BCUT2D eigenvalue weighted by molar-refractivity contribution is -0.188. The average molecular weight is 2010 g/mol. The quantitative estimate of drug-likeness (QED) is 0.00844. The molecule has 0 rings (SSSR count). The van der Waals surface area contributed by atoms with E-state index in [-0.39, 0.29) is 79.3 Å². The molecule has 0 heterocycles. The first-order valence-corrected chi connectivity index (χ1v) is 51.3. The number of alkyl halides is 2. The number of halogens is 3. The second-order valence-electron chi connectivity index (χ2n) is 30.5. The Balaban J connectivity index is -0.000000275. The van der Waals surface area contributed by atoms with E-state index in [9.17, 15) is 38.4 Å². The van der Waals surface area contributed by atoms with Crippen molar-refractivity contribution < 1.29 is 72.3 Å². The summed E-state index contributed by atoms with van der Waals surface area (Å²) in [5.74, 6) is -1.94. The molecule has 15 nitrogen and oxygen atoms in total. The highest BCUT2D eigenvalue weighted by Crippen LogP contribution is 2.22. The highest BCUT2D eigenvalue weighted by atomic mass is 127. The zero-order chi connectivity index (χ0) is 95.8. The highest BCUT2D eigenvalue weighted by molar-refractivity contribution is 14.1. The SMILES string of the molecule is CC/C=C\C/C=C\C/C=C\C/C=C\C/C=C\CCCC(=O)O.CC/C=C\C/C=C\C/C=C\C/C=C\C/C=C\CCCC(=O)OC(C)OC(=O)C(CCC)CCC.CC/C=C\C/C=C\C/C=C\C/C=C\C/C=C\CCCC(=O)OCC.CCCC(CCC)C(=O)Cl.CCCC(CCC)C(=O)O.CCCC(CCC)C(=O)OC(C)I.CCCC(CCC)C(=O)OC(C)I. The van der Waals surface area contributed by atoms with Crippen LogP contribution in [0.5, 0.6) is 0 Å². The molecule has 0 spiro atoms. The van der Waals surface area contributed by atoms with Crippen molar-refractivity contribution in [3.8, 4) is 0 Å². The van der Waals surface area contributed by atoms with Crippen LogP contribution in [0.3, 0.4) is 0 Å². The Kier molecular flexibility index (Phi) is 117. The number of allylic oxidation sites excluding steroid dienone is 30. The zero-order valence-corrected chi connectivity index (χ0v) is 87.2. The van der Waals surface area contributed by atoms with E-state index in [1.165, 1.54) is 0 Å². The number of unbranched alkanes of at least 4 members (excludes halogenated alkanes) is 3. The van der Waals surface area contributed by atoms with Crippen LogP contribution in [0.25, 0.3) is 0 Å². The van der Waals surface area contributed by atoms with Crippen LogP contribution < -0.4 is 0 Å². The fourth-order valence-corrected chi connectivity index (χ4v) is 12.6. The summed E-state index contributed by atoms with van der Waals surface area (Å²) in [5.41, 5.74) is 0. The predicted molar refractivity (Wildman–Crippen MR) is 555 cm³/mol. The van der Waals surface area contributed by atoms with Crippen LogP contribution in [-0.2, 0) is 62.0 Å². The summed E-state index contributed by atoms with van der Waals surface area (Å²) in [5, 5.41) is 17.0. The third-order valence-corrected chi connectivity index (χ3v) is 19.0. The standard InChI is InChI=1S/C30H48O4.C22H34O2.C20H30O2.2C10H19IO2.C8H15ClO.C8H16O2/c1-5-8-9-10-11-12-13-14-15-16-17-18-19-20-21-22-23-26-29(31)33-27(4)34-30(32)28(24-6-2)25-7-3;1-3-5-6-7-8-9-10-11-12-13-14-15-16-17-18-19-20-21-22(23)24-4-2;1-2-3-4-5-6-7-8-9-10-11-12-13-14-15-16-17-18-19-20(21)22;2*1-4-6-9(7-5-2)10(12)13-8(3)11;2*1-3-5-7(6-4-2)8(9)10/h8-9,11-12,14-15,17-18,20-21,27-28H,5-7,10,13,16,19,22-26H2,1-4H3;5-6,8-9,11-12,14-15,17-18H,3-4,7,10,13,16,19-21H2,1-2H3;3-4,6-7,9-10,12-13,15-16H,2,5,8,11,14,17-19H2,1H3,(H,21,22);2*8-9H,4-7H2,1-3H3;7H,3-6H2,1-2H3;7H,3-6H2,1-2H3,(H,9,10)/b9-8-,12-11-,15-14-,18-17-,21-20-;6-5-,9-8-,12-11-,15-14-,18-17-;4-3-,7-6-,10-9-,13-12-,16-15-;;;;. The number of esters is 5. The van der Waals surface area contributed by atoms with Gasteiger partial charge >= 0.3 is 41.8 Å². The Morgan fingerprint density at radius 3 is 0.706 bits per heavy atom. The number of rotatable bonds is 69. The molecule has 0 bridgehead atoms.